The molecule has 1 aliphatic heterocycles. The molecule has 0 bridgehead atoms. The average Bonchev–Trinajstić information content (AvgIpc) is 2.34. The quantitative estimate of drug-likeness (QED) is 0.769. The van der Waals surface area contributed by atoms with Gasteiger partial charge in [-0.25, -0.2) is 9.59 Å². The molecule has 1 atom stereocenters. The Morgan fingerprint density at radius 3 is 2.19 bits per heavy atom. The summed E-state index contributed by atoms with van der Waals surface area (Å²) in [6.45, 7) is 5.45. The minimum Gasteiger partial charge on any atom is -0.465 e. The molecule has 120 valence electrons. The zero-order valence-corrected chi connectivity index (χ0v) is 13.1. The van der Waals surface area contributed by atoms with Gasteiger partial charge in [0.15, 0.2) is 0 Å². The fourth-order valence-electron chi connectivity index (χ4n) is 2.01. The lowest BCUT2D eigenvalue weighted by atomic mass is 10.1. The van der Waals surface area contributed by atoms with Gasteiger partial charge in [0.1, 0.15) is 11.6 Å². The van der Waals surface area contributed by atoms with Gasteiger partial charge < -0.3 is 19.6 Å². The Morgan fingerprint density at radius 1 is 1.19 bits per heavy atom. The van der Waals surface area contributed by atoms with E-state index in [1.165, 1.54) is 9.80 Å². The number of amides is 3. The Balaban J connectivity index is 2.92. The van der Waals surface area contributed by atoms with Crippen molar-refractivity contribution in [3.05, 3.63) is 0 Å². The summed E-state index contributed by atoms with van der Waals surface area (Å²) in [5.74, 6) is -0.327. The largest absolute Gasteiger partial charge is 0.465 e. The van der Waals surface area contributed by atoms with Gasteiger partial charge in [-0.05, 0) is 20.8 Å². The third-order valence-electron chi connectivity index (χ3n) is 3.00. The van der Waals surface area contributed by atoms with Gasteiger partial charge in [0, 0.05) is 27.2 Å². The van der Waals surface area contributed by atoms with Crippen LogP contribution in [0.1, 0.15) is 20.8 Å². The van der Waals surface area contributed by atoms with E-state index in [4.69, 9.17) is 9.84 Å². The molecule has 0 aromatic carbocycles. The minimum atomic E-state index is -1.10. The lowest BCUT2D eigenvalue weighted by Crippen LogP contribution is -2.61. The fourth-order valence-corrected chi connectivity index (χ4v) is 2.01. The van der Waals surface area contributed by atoms with Gasteiger partial charge in [-0.3, -0.25) is 9.69 Å². The minimum absolute atomic E-state index is 0.0500. The lowest BCUT2D eigenvalue weighted by Gasteiger charge is -2.40. The molecular formula is C13H23N3O5. The summed E-state index contributed by atoms with van der Waals surface area (Å²) in [7, 11) is 3.13. The van der Waals surface area contributed by atoms with Crippen LogP contribution >= 0.6 is 0 Å². The maximum absolute atomic E-state index is 12.2. The van der Waals surface area contributed by atoms with Gasteiger partial charge in [0.05, 0.1) is 6.54 Å². The summed E-state index contributed by atoms with van der Waals surface area (Å²) in [4.78, 5) is 39.2. The van der Waals surface area contributed by atoms with E-state index in [1.54, 1.807) is 34.9 Å². The normalized spacial score (nSPS) is 19.2. The van der Waals surface area contributed by atoms with Gasteiger partial charge in [-0.2, -0.15) is 0 Å². The van der Waals surface area contributed by atoms with Crippen molar-refractivity contribution in [1.82, 2.24) is 14.7 Å². The van der Waals surface area contributed by atoms with Gasteiger partial charge >= 0.3 is 12.2 Å². The maximum atomic E-state index is 12.2. The molecule has 0 saturated carbocycles. The topological polar surface area (TPSA) is 90.4 Å². The predicted octanol–water partition coefficient (Wildman–Crippen LogP) is 0.674. The molecule has 0 aliphatic carbocycles. The molecule has 3 amide bonds. The lowest BCUT2D eigenvalue weighted by molar-refractivity contribution is -0.136. The zero-order chi connectivity index (χ0) is 16.4. The second kappa shape index (κ2) is 6.19. The first kappa shape index (κ1) is 17.1. The highest BCUT2D eigenvalue weighted by Crippen LogP contribution is 2.17. The van der Waals surface area contributed by atoms with Gasteiger partial charge in [-0.1, -0.05) is 0 Å². The van der Waals surface area contributed by atoms with Crippen molar-refractivity contribution >= 4 is 18.1 Å². The smallest absolute Gasteiger partial charge is 0.411 e. The molecule has 1 rings (SSSR count). The van der Waals surface area contributed by atoms with Crippen molar-refractivity contribution < 1.29 is 24.2 Å². The van der Waals surface area contributed by atoms with Gasteiger partial charge in [0.25, 0.3) is 0 Å². The molecule has 8 nitrogen and oxygen atoms in total. The predicted molar refractivity (Wildman–Crippen MR) is 75.0 cm³/mol. The molecule has 21 heavy (non-hydrogen) atoms. The Bertz CT molecular complexity index is 430. The van der Waals surface area contributed by atoms with E-state index in [0.29, 0.717) is 0 Å². The SMILES string of the molecule is CN(C)C(=O)C1CN(C(=O)O)CCN1C(=O)OC(C)(C)C. The van der Waals surface area contributed by atoms with E-state index in [9.17, 15) is 14.4 Å². The highest BCUT2D eigenvalue weighted by Gasteiger charge is 2.39. The number of likely N-dealkylation sites (N-methyl/N-ethyl adjacent to an activating group) is 1. The van der Waals surface area contributed by atoms with E-state index in [2.05, 4.69) is 0 Å². The summed E-state index contributed by atoms with van der Waals surface area (Å²) < 4.78 is 5.28. The molecule has 1 saturated heterocycles. The number of carboxylic acid groups (broad SMARTS) is 1. The Labute approximate surface area is 124 Å². The second-order valence-electron chi connectivity index (χ2n) is 6.15. The number of carbonyl (C=O) groups is 3. The van der Waals surface area contributed by atoms with Gasteiger partial charge in [-0.15, -0.1) is 0 Å². The third kappa shape index (κ3) is 4.51. The first-order valence-corrected chi connectivity index (χ1v) is 6.71. The van der Waals surface area contributed by atoms with Crippen molar-refractivity contribution in [3.63, 3.8) is 0 Å². The van der Waals surface area contributed by atoms with Crippen LogP contribution in [0.5, 0.6) is 0 Å². The van der Waals surface area contributed by atoms with Crippen LogP contribution in [0.3, 0.4) is 0 Å². The number of hydrogen-bond donors (Lipinski definition) is 1. The monoisotopic (exact) mass is 301 g/mol. The third-order valence-corrected chi connectivity index (χ3v) is 3.00. The standard InChI is InChI=1S/C13H23N3O5/c1-13(2,3)21-12(20)16-7-6-15(11(18)19)8-9(16)10(17)14(4)5/h9H,6-8H2,1-5H3,(H,18,19). The highest BCUT2D eigenvalue weighted by atomic mass is 16.6. The molecule has 1 unspecified atom stereocenters. The number of carbonyl (C=O) groups excluding carboxylic acids is 2. The molecule has 1 fully saturated rings. The van der Waals surface area contributed by atoms with Crippen molar-refractivity contribution in [1.29, 1.82) is 0 Å². The molecule has 1 N–H and O–H groups in total. The Kier molecular flexibility index (Phi) is 5.03. The van der Waals surface area contributed by atoms with Crippen molar-refractivity contribution in [2.45, 2.75) is 32.4 Å². The van der Waals surface area contributed by atoms with Crippen LogP contribution in [0, 0.1) is 0 Å². The van der Waals surface area contributed by atoms with Crippen molar-refractivity contribution in [2.24, 2.45) is 0 Å². The van der Waals surface area contributed by atoms with E-state index in [1.807, 2.05) is 0 Å². The molecule has 1 aliphatic rings. The van der Waals surface area contributed by atoms with E-state index in [-0.39, 0.29) is 25.5 Å². The summed E-state index contributed by atoms with van der Waals surface area (Å²) in [5.41, 5.74) is -0.674. The van der Waals surface area contributed by atoms with E-state index >= 15 is 0 Å². The van der Waals surface area contributed by atoms with Gasteiger partial charge in [0.2, 0.25) is 5.91 Å². The molecule has 0 radical (unpaired) electrons. The molecule has 0 aromatic rings. The maximum Gasteiger partial charge on any atom is 0.411 e. The number of piperazine rings is 1. The van der Waals surface area contributed by atoms with E-state index in [0.717, 1.165) is 4.90 Å². The number of hydrogen-bond acceptors (Lipinski definition) is 4. The Hall–Kier alpha value is -1.99. The number of rotatable bonds is 1. The zero-order valence-electron chi connectivity index (χ0n) is 13.1. The summed E-state index contributed by atoms with van der Waals surface area (Å²) in [5, 5.41) is 9.05. The van der Waals surface area contributed by atoms with Crippen LogP contribution in [0.2, 0.25) is 0 Å². The fraction of sp³-hybridized carbons (Fsp3) is 0.769. The van der Waals surface area contributed by atoms with Crippen molar-refractivity contribution in [2.75, 3.05) is 33.7 Å². The van der Waals surface area contributed by atoms with Crippen LogP contribution in [0.4, 0.5) is 9.59 Å². The number of ether oxygens (including phenoxy) is 1. The summed E-state index contributed by atoms with van der Waals surface area (Å²) in [6.07, 6.45) is -1.71. The first-order chi connectivity index (χ1) is 9.53. The first-order valence-electron chi connectivity index (χ1n) is 6.71. The molecule has 0 aromatic heterocycles. The van der Waals surface area contributed by atoms with Crippen LogP contribution in [-0.2, 0) is 9.53 Å². The Morgan fingerprint density at radius 2 is 1.76 bits per heavy atom. The second-order valence-corrected chi connectivity index (χ2v) is 6.15. The van der Waals surface area contributed by atoms with Crippen LogP contribution < -0.4 is 0 Å². The summed E-state index contributed by atoms with van der Waals surface area (Å²) in [6, 6.07) is -0.861. The van der Waals surface area contributed by atoms with Crippen LogP contribution in [-0.4, -0.2) is 83.3 Å². The van der Waals surface area contributed by atoms with Crippen LogP contribution in [0.15, 0.2) is 0 Å². The van der Waals surface area contributed by atoms with Crippen LogP contribution in [0.25, 0.3) is 0 Å². The average molecular weight is 301 g/mol. The number of nitrogens with zero attached hydrogens (tertiary/aromatic N) is 3. The molecule has 0 spiro atoms. The molecule has 8 heteroatoms. The summed E-state index contributed by atoms with van der Waals surface area (Å²) >= 11 is 0. The molecular weight excluding hydrogens is 278 g/mol. The molecule has 1 heterocycles. The van der Waals surface area contributed by atoms with E-state index < -0.39 is 23.8 Å². The van der Waals surface area contributed by atoms with Crippen molar-refractivity contribution in [3.8, 4) is 0 Å². The highest BCUT2D eigenvalue weighted by molar-refractivity contribution is 5.86.